The van der Waals surface area contributed by atoms with E-state index in [1.807, 2.05) is 6.92 Å². The summed E-state index contributed by atoms with van der Waals surface area (Å²) in [7, 11) is 0. The van der Waals surface area contributed by atoms with Crippen LogP contribution in [0.5, 0.6) is 0 Å². The number of rotatable bonds is 3. The van der Waals surface area contributed by atoms with Crippen molar-refractivity contribution in [1.82, 2.24) is 15.6 Å². The molecule has 4 heteroatoms. The Balaban J connectivity index is 1.98. The molecule has 0 bridgehead atoms. The zero-order chi connectivity index (χ0) is 9.97. The SMILES string of the molecule is CC(N[C@H]1CCN1)c1cncc(F)c1. The summed E-state index contributed by atoms with van der Waals surface area (Å²) in [4.78, 5) is 3.82. The summed E-state index contributed by atoms with van der Waals surface area (Å²) in [5.74, 6) is -0.280. The van der Waals surface area contributed by atoms with Crippen LogP contribution in [0.25, 0.3) is 0 Å². The molecule has 0 saturated carbocycles. The van der Waals surface area contributed by atoms with E-state index >= 15 is 0 Å². The molecule has 2 rings (SSSR count). The lowest BCUT2D eigenvalue weighted by Gasteiger charge is -2.31. The molecule has 1 aliphatic heterocycles. The first kappa shape index (κ1) is 9.55. The molecule has 3 nitrogen and oxygen atoms in total. The molecule has 1 saturated heterocycles. The number of pyridine rings is 1. The molecule has 0 radical (unpaired) electrons. The maximum Gasteiger partial charge on any atom is 0.141 e. The Labute approximate surface area is 82.7 Å². The van der Waals surface area contributed by atoms with Crippen molar-refractivity contribution in [2.24, 2.45) is 0 Å². The quantitative estimate of drug-likeness (QED) is 0.760. The fraction of sp³-hybridized carbons (Fsp3) is 0.500. The number of aromatic nitrogens is 1. The van der Waals surface area contributed by atoms with Crippen molar-refractivity contribution >= 4 is 0 Å². The van der Waals surface area contributed by atoms with Crippen LogP contribution in [0.1, 0.15) is 24.9 Å². The maximum atomic E-state index is 12.9. The van der Waals surface area contributed by atoms with Gasteiger partial charge < -0.3 is 5.32 Å². The first-order valence-corrected chi connectivity index (χ1v) is 4.85. The van der Waals surface area contributed by atoms with Crippen molar-refractivity contribution in [2.75, 3.05) is 6.54 Å². The summed E-state index contributed by atoms with van der Waals surface area (Å²) < 4.78 is 12.9. The number of halogens is 1. The largest absolute Gasteiger partial charge is 0.302 e. The van der Waals surface area contributed by atoms with Crippen LogP contribution in [0.3, 0.4) is 0 Å². The predicted molar refractivity (Wildman–Crippen MR) is 52.2 cm³/mol. The van der Waals surface area contributed by atoms with Crippen LogP contribution in [0.2, 0.25) is 0 Å². The standard InChI is InChI=1S/C10H14FN3/c1-7(14-10-2-3-13-10)8-4-9(11)6-12-5-8/h4-7,10,13-14H,2-3H2,1H3/t7?,10-/m0/s1. The van der Waals surface area contributed by atoms with Crippen molar-refractivity contribution in [3.8, 4) is 0 Å². The molecule has 1 fully saturated rings. The van der Waals surface area contributed by atoms with Crippen LogP contribution in [-0.4, -0.2) is 17.7 Å². The fourth-order valence-electron chi connectivity index (χ4n) is 1.49. The molecule has 2 atom stereocenters. The molecule has 1 aromatic heterocycles. The van der Waals surface area contributed by atoms with E-state index in [2.05, 4.69) is 15.6 Å². The molecule has 0 aromatic carbocycles. The molecule has 1 aromatic rings. The molecule has 2 N–H and O–H groups in total. The average molecular weight is 195 g/mol. The van der Waals surface area contributed by atoms with Gasteiger partial charge in [0.2, 0.25) is 0 Å². The lowest BCUT2D eigenvalue weighted by molar-refractivity contribution is 0.285. The third-order valence-corrected chi connectivity index (χ3v) is 2.50. The molecule has 14 heavy (non-hydrogen) atoms. The van der Waals surface area contributed by atoms with Crippen molar-refractivity contribution < 1.29 is 4.39 Å². The summed E-state index contributed by atoms with van der Waals surface area (Å²) >= 11 is 0. The smallest absolute Gasteiger partial charge is 0.141 e. The summed E-state index contributed by atoms with van der Waals surface area (Å²) in [6.45, 7) is 3.07. The van der Waals surface area contributed by atoms with Crippen molar-refractivity contribution in [3.05, 3.63) is 29.8 Å². The Bertz CT molecular complexity index is 312. The van der Waals surface area contributed by atoms with Gasteiger partial charge in [-0.25, -0.2) is 4.39 Å². The minimum absolute atomic E-state index is 0.135. The Morgan fingerprint density at radius 1 is 1.64 bits per heavy atom. The number of nitrogens with zero attached hydrogens (tertiary/aromatic N) is 1. The zero-order valence-corrected chi connectivity index (χ0v) is 8.13. The Kier molecular flexibility index (Phi) is 2.74. The number of nitrogens with one attached hydrogen (secondary N) is 2. The summed E-state index contributed by atoms with van der Waals surface area (Å²) in [5, 5.41) is 6.58. The van der Waals surface area contributed by atoms with Crippen LogP contribution in [0.4, 0.5) is 4.39 Å². The predicted octanol–water partition coefficient (Wildman–Crippen LogP) is 1.19. The van der Waals surface area contributed by atoms with Gasteiger partial charge in [0, 0.05) is 12.2 Å². The van der Waals surface area contributed by atoms with E-state index in [1.54, 1.807) is 6.20 Å². The van der Waals surface area contributed by atoms with Gasteiger partial charge in [-0.05, 0) is 31.5 Å². The first-order valence-electron chi connectivity index (χ1n) is 4.85. The van der Waals surface area contributed by atoms with Gasteiger partial charge >= 0.3 is 0 Å². The second-order valence-electron chi connectivity index (χ2n) is 3.62. The van der Waals surface area contributed by atoms with Crippen molar-refractivity contribution in [2.45, 2.75) is 25.6 Å². The van der Waals surface area contributed by atoms with Gasteiger partial charge in [0.1, 0.15) is 5.82 Å². The van der Waals surface area contributed by atoms with Crippen molar-refractivity contribution in [3.63, 3.8) is 0 Å². The maximum absolute atomic E-state index is 12.9. The molecule has 0 amide bonds. The number of hydrogen-bond acceptors (Lipinski definition) is 3. The van der Waals surface area contributed by atoms with E-state index in [1.165, 1.54) is 12.3 Å². The molecule has 0 aliphatic carbocycles. The van der Waals surface area contributed by atoms with Gasteiger partial charge in [-0.2, -0.15) is 0 Å². The van der Waals surface area contributed by atoms with Crippen LogP contribution in [-0.2, 0) is 0 Å². The zero-order valence-electron chi connectivity index (χ0n) is 8.13. The van der Waals surface area contributed by atoms with Gasteiger partial charge in [-0.15, -0.1) is 0 Å². The second-order valence-corrected chi connectivity index (χ2v) is 3.62. The van der Waals surface area contributed by atoms with E-state index in [4.69, 9.17) is 0 Å². The lowest BCUT2D eigenvalue weighted by Crippen LogP contribution is -2.53. The molecule has 0 spiro atoms. The van der Waals surface area contributed by atoms with Gasteiger partial charge in [-0.1, -0.05) is 0 Å². The lowest BCUT2D eigenvalue weighted by atomic mass is 10.1. The van der Waals surface area contributed by atoms with E-state index in [0.29, 0.717) is 6.17 Å². The highest BCUT2D eigenvalue weighted by molar-refractivity contribution is 5.14. The number of hydrogen-bond donors (Lipinski definition) is 2. The van der Waals surface area contributed by atoms with E-state index < -0.39 is 0 Å². The van der Waals surface area contributed by atoms with Gasteiger partial charge in [-0.3, -0.25) is 10.3 Å². The highest BCUT2D eigenvalue weighted by atomic mass is 19.1. The summed E-state index contributed by atoms with van der Waals surface area (Å²) in [6, 6.07) is 1.65. The Morgan fingerprint density at radius 2 is 2.43 bits per heavy atom. The van der Waals surface area contributed by atoms with E-state index in [0.717, 1.165) is 18.5 Å². The van der Waals surface area contributed by atoms with E-state index in [9.17, 15) is 4.39 Å². The molecule has 2 heterocycles. The van der Waals surface area contributed by atoms with Gasteiger partial charge in [0.25, 0.3) is 0 Å². The van der Waals surface area contributed by atoms with Gasteiger partial charge in [0.15, 0.2) is 0 Å². The molecular weight excluding hydrogens is 181 g/mol. The third-order valence-electron chi connectivity index (χ3n) is 2.50. The Morgan fingerprint density at radius 3 is 3.00 bits per heavy atom. The summed E-state index contributed by atoms with van der Waals surface area (Å²) in [6.07, 6.45) is 4.41. The molecular formula is C10H14FN3. The van der Waals surface area contributed by atoms with Crippen LogP contribution >= 0.6 is 0 Å². The van der Waals surface area contributed by atoms with Crippen LogP contribution in [0, 0.1) is 5.82 Å². The summed E-state index contributed by atoms with van der Waals surface area (Å²) in [5.41, 5.74) is 0.888. The minimum Gasteiger partial charge on any atom is -0.302 e. The average Bonchev–Trinajstić information content (AvgIpc) is 2.11. The van der Waals surface area contributed by atoms with Crippen LogP contribution < -0.4 is 10.6 Å². The Hall–Kier alpha value is -1.00. The van der Waals surface area contributed by atoms with Crippen LogP contribution in [0.15, 0.2) is 18.5 Å². The molecule has 76 valence electrons. The third kappa shape index (κ3) is 2.08. The normalized spacial score (nSPS) is 22.9. The first-order chi connectivity index (χ1) is 6.75. The minimum atomic E-state index is -0.280. The topological polar surface area (TPSA) is 37.0 Å². The molecule has 1 aliphatic rings. The van der Waals surface area contributed by atoms with Gasteiger partial charge in [0.05, 0.1) is 12.4 Å². The fourth-order valence-corrected chi connectivity index (χ4v) is 1.49. The monoisotopic (exact) mass is 195 g/mol. The van der Waals surface area contributed by atoms with E-state index in [-0.39, 0.29) is 11.9 Å². The highest BCUT2D eigenvalue weighted by Gasteiger charge is 2.18. The highest BCUT2D eigenvalue weighted by Crippen LogP contribution is 2.14. The van der Waals surface area contributed by atoms with Crippen molar-refractivity contribution in [1.29, 1.82) is 0 Å². The second kappa shape index (κ2) is 4.02. The molecule has 1 unspecified atom stereocenters.